The van der Waals surface area contributed by atoms with Crippen LogP contribution in [0.3, 0.4) is 0 Å². The zero-order valence-corrected chi connectivity index (χ0v) is 13.1. The van der Waals surface area contributed by atoms with E-state index in [1.165, 1.54) is 6.20 Å². The van der Waals surface area contributed by atoms with Gasteiger partial charge in [0.15, 0.2) is 0 Å². The van der Waals surface area contributed by atoms with E-state index in [2.05, 4.69) is 15.3 Å². The molecule has 1 N–H and O–H groups in total. The first-order valence-corrected chi connectivity index (χ1v) is 7.55. The highest BCUT2D eigenvalue weighted by atomic mass is 16.2. The summed E-state index contributed by atoms with van der Waals surface area (Å²) in [5, 5.41) is 2.63. The Balaban J connectivity index is 1.81. The number of nitrogens with one attached hydrogen (secondary N) is 1. The van der Waals surface area contributed by atoms with E-state index in [1.807, 2.05) is 19.1 Å². The van der Waals surface area contributed by atoms with Crippen LogP contribution in [-0.4, -0.2) is 46.3 Å². The second-order valence-electron chi connectivity index (χ2n) is 5.00. The number of hydrogen-bond acceptors (Lipinski definition) is 4. The lowest BCUT2D eigenvalue weighted by molar-refractivity contribution is -0.129. The standard InChI is InChI=1S/C17H20N4O2/c1-2-21(11-7-14-5-9-18-10-6-14)16(22)13-20-17(23)15-4-3-8-19-12-15/h3-6,8-10,12H,2,7,11,13H2,1H3,(H,20,23). The molecule has 0 spiro atoms. The summed E-state index contributed by atoms with van der Waals surface area (Å²) in [4.78, 5) is 33.7. The van der Waals surface area contributed by atoms with E-state index in [-0.39, 0.29) is 18.4 Å². The van der Waals surface area contributed by atoms with Crippen LogP contribution >= 0.6 is 0 Å². The van der Waals surface area contributed by atoms with Gasteiger partial charge in [0.2, 0.25) is 5.91 Å². The number of amides is 2. The first kappa shape index (κ1) is 16.6. The van der Waals surface area contributed by atoms with Crippen LogP contribution in [0.15, 0.2) is 49.1 Å². The van der Waals surface area contributed by atoms with E-state index in [1.54, 1.807) is 35.6 Å². The number of hydrogen-bond donors (Lipinski definition) is 1. The van der Waals surface area contributed by atoms with Crippen molar-refractivity contribution in [2.75, 3.05) is 19.6 Å². The van der Waals surface area contributed by atoms with E-state index in [4.69, 9.17) is 0 Å². The molecule has 2 aromatic rings. The van der Waals surface area contributed by atoms with Gasteiger partial charge in [0, 0.05) is 37.9 Å². The summed E-state index contributed by atoms with van der Waals surface area (Å²) in [6.07, 6.45) is 7.31. The molecule has 6 nitrogen and oxygen atoms in total. The predicted molar refractivity (Wildman–Crippen MR) is 86.8 cm³/mol. The molecule has 2 amide bonds. The molecular formula is C17H20N4O2. The number of pyridine rings is 2. The average Bonchev–Trinajstić information content (AvgIpc) is 2.61. The molecule has 0 saturated heterocycles. The molecule has 0 aliphatic rings. The first-order chi connectivity index (χ1) is 11.2. The number of carbonyl (C=O) groups is 2. The van der Waals surface area contributed by atoms with Crippen molar-refractivity contribution < 1.29 is 9.59 Å². The van der Waals surface area contributed by atoms with Gasteiger partial charge in [-0.05, 0) is 43.2 Å². The van der Waals surface area contributed by atoms with Crippen LogP contribution in [0.1, 0.15) is 22.8 Å². The van der Waals surface area contributed by atoms with Gasteiger partial charge in [-0.2, -0.15) is 0 Å². The molecule has 6 heteroatoms. The van der Waals surface area contributed by atoms with Gasteiger partial charge in [-0.1, -0.05) is 0 Å². The molecule has 0 fully saturated rings. The SMILES string of the molecule is CCN(CCc1ccncc1)C(=O)CNC(=O)c1cccnc1. The molecule has 2 aromatic heterocycles. The maximum Gasteiger partial charge on any atom is 0.253 e. The summed E-state index contributed by atoms with van der Waals surface area (Å²) in [6, 6.07) is 7.21. The zero-order valence-electron chi connectivity index (χ0n) is 13.1. The summed E-state index contributed by atoms with van der Waals surface area (Å²) in [6.45, 7) is 3.13. The minimum absolute atomic E-state index is 0.0160. The number of carbonyl (C=O) groups excluding carboxylic acids is 2. The van der Waals surface area contributed by atoms with Gasteiger partial charge < -0.3 is 10.2 Å². The fourth-order valence-electron chi connectivity index (χ4n) is 2.14. The lowest BCUT2D eigenvalue weighted by Gasteiger charge is -2.21. The second-order valence-corrected chi connectivity index (χ2v) is 5.00. The largest absolute Gasteiger partial charge is 0.343 e. The third kappa shape index (κ3) is 5.18. The van der Waals surface area contributed by atoms with Crippen LogP contribution < -0.4 is 5.32 Å². The molecule has 0 aromatic carbocycles. The topological polar surface area (TPSA) is 75.2 Å². The fourth-order valence-corrected chi connectivity index (χ4v) is 2.14. The minimum Gasteiger partial charge on any atom is -0.343 e. The molecule has 2 rings (SSSR count). The van der Waals surface area contributed by atoms with E-state index >= 15 is 0 Å². The van der Waals surface area contributed by atoms with Gasteiger partial charge in [-0.3, -0.25) is 19.6 Å². The molecule has 2 heterocycles. The molecule has 0 aliphatic heterocycles. The second kappa shape index (κ2) is 8.63. The van der Waals surface area contributed by atoms with Crippen molar-refractivity contribution in [2.24, 2.45) is 0 Å². The minimum atomic E-state index is -0.295. The van der Waals surface area contributed by atoms with Gasteiger partial charge >= 0.3 is 0 Å². The molecule has 120 valence electrons. The Morgan fingerprint density at radius 2 is 1.91 bits per heavy atom. The van der Waals surface area contributed by atoms with Crippen molar-refractivity contribution in [3.05, 3.63) is 60.2 Å². The van der Waals surface area contributed by atoms with E-state index < -0.39 is 0 Å². The molecule has 0 aliphatic carbocycles. The average molecular weight is 312 g/mol. The summed E-state index contributed by atoms with van der Waals surface area (Å²) >= 11 is 0. The number of nitrogens with zero attached hydrogens (tertiary/aromatic N) is 3. The van der Waals surface area contributed by atoms with Crippen molar-refractivity contribution in [1.82, 2.24) is 20.2 Å². The summed E-state index contributed by atoms with van der Waals surface area (Å²) < 4.78 is 0. The van der Waals surface area contributed by atoms with Gasteiger partial charge in [-0.15, -0.1) is 0 Å². The van der Waals surface area contributed by atoms with E-state index in [0.29, 0.717) is 18.7 Å². The maximum absolute atomic E-state index is 12.2. The molecule has 0 bridgehead atoms. The fraction of sp³-hybridized carbons (Fsp3) is 0.294. The van der Waals surface area contributed by atoms with E-state index in [9.17, 15) is 9.59 Å². The Morgan fingerprint density at radius 3 is 2.57 bits per heavy atom. The monoisotopic (exact) mass is 312 g/mol. The van der Waals surface area contributed by atoms with E-state index in [0.717, 1.165) is 12.0 Å². The van der Waals surface area contributed by atoms with Crippen molar-refractivity contribution in [2.45, 2.75) is 13.3 Å². The first-order valence-electron chi connectivity index (χ1n) is 7.55. The van der Waals surface area contributed by atoms with Crippen molar-refractivity contribution in [3.63, 3.8) is 0 Å². The Labute approximate surface area is 135 Å². The van der Waals surface area contributed by atoms with Crippen LogP contribution in [-0.2, 0) is 11.2 Å². The number of aromatic nitrogens is 2. The Bertz CT molecular complexity index is 632. The lowest BCUT2D eigenvalue weighted by Crippen LogP contribution is -2.41. The van der Waals surface area contributed by atoms with Crippen LogP contribution in [0.4, 0.5) is 0 Å². The summed E-state index contributed by atoms with van der Waals surface area (Å²) in [5.41, 5.74) is 1.57. The Kier molecular flexibility index (Phi) is 6.23. The highest BCUT2D eigenvalue weighted by Gasteiger charge is 2.13. The Morgan fingerprint density at radius 1 is 1.13 bits per heavy atom. The highest BCUT2D eigenvalue weighted by Crippen LogP contribution is 2.01. The third-order valence-electron chi connectivity index (χ3n) is 3.48. The highest BCUT2D eigenvalue weighted by molar-refractivity contribution is 5.96. The van der Waals surface area contributed by atoms with Crippen LogP contribution in [0.5, 0.6) is 0 Å². The van der Waals surface area contributed by atoms with Crippen molar-refractivity contribution in [3.8, 4) is 0 Å². The quantitative estimate of drug-likeness (QED) is 0.836. The van der Waals surface area contributed by atoms with Gasteiger partial charge in [0.25, 0.3) is 5.91 Å². The number of rotatable bonds is 7. The number of likely N-dealkylation sites (N-methyl/N-ethyl adjacent to an activating group) is 1. The summed E-state index contributed by atoms with van der Waals surface area (Å²) in [7, 11) is 0. The van der Waals surface area contributed by atoms with Gasteiger partial charge in [0.05, 0.1) is 12.1 Å². The normalized spacial score (nSPS) is 10.1. The van der Waals surface area contributed by atoms with Gasteiger partial charge in [0.1, 0.15) is 0 Å². The van der Waals surface area contributed by atoms with Crippen LogP contribution in [0.25, 0.3) is 0 Å². The Hall–Kier alpha value is -2.76. The molecule has 0 atom stereocenters. The van der Waals surface area contributed by atoms with Crippen LogP contribution in [0, 0.1) is 0 Å². The van der Waals surface area contributed by atoms with Crippen molar-refractivity contribution >= 4 is 11.8 Å². The summed E-state index contributed by atoms with van der Waals surface area (Å²) in [5.74, 6) is -0.393. The molecule has 0 saturated carbocycles. The molecule has 0 radical (unpaired) electrons. The molecular weight excluding hydrogens is 292 g/mol. The zero-order chi connectivity index (χ0) is 16.5. The van der Waals surface area contributed by atoms with Crippen molar-refractivity contribution in [1.29, 1.82) is 0 Å². The lowest BCUT2D eigenvalue weighted by atomic mass is 10.2. The smallest absolute Gasteiger partial charge is 0.253 e. The maximum atomic E-state index is 12.2. The third-order valence-corrected chi connectivity index (χ3v) is 3.48. The molecule has 0 unspecified atom stereocenters. The van der Waals surface area contributed by atoms with Gasteiger partial charge in [-0.25, -0.2) is 0 Å². The van der Waals surface area contributed by atoms with Crippen LogP contribution in [0.2, 0.25) is 0 Å². The predicted octanol–water partition coefficient (Wildman–Crippen LogP) is 1.30. The molecule has 23 heavy (non-hydrogen) atoms.